The molecule has 5 atom stereocenters. The first kappa shape index (κ1) is 17.3. The van der Waals surface area contributed by atoms with E-state index in [9.17, 15) is 0 Å². The molecule has 0 aromatic carbocycles. The fourth-order valence-electron chi connectivity index (χ4n) is 4.61. The van der Waals surface area contributed by atoms with Gasteiger partial charge in [-0.1, -0.05) is 27.7 Å². The molecule has 0 spiro atoms. The van der Waals surface area contributed by atoms with E-state index in [1.54, 1.807) is 0 Å². The minimum atomic E-state index is 0.470. The summed E-state index contributed by atoms with van der Waals surface area (Å²) in [7, 11) is 2.16. The van der Waals surface area contributed by atoms with Crippen molar-refractivity contribution in [1.29, 1.82) is 0 Å². The molecule has 21 heavy (non-hydrogen) atoms. The van der Waals surface area contributed by atoms with Gasteiger partial charge < -0.3 is 10.2 Å². The minimum Gasteiger partial charge on any atom is -0.317 e. The minimum absolute atomic E-state index is 0.470. The van der Waals surface area contributed by atoms with Crippen molar-refractivity contribution in [1.82, 2.24) is 10.2 Å². The van der Waals surface area contributed by atoms with Gasteiger partial charge >= 0.3 is 0 Å². The first-order chi connectivity index (χ1) is 9.82. The van der Waals surface area contributed by atoms with Crippen molar-refractivity contribution in [2.24, 2.45) is 23.2 Å². The number of rotatable bonds is 3. The van der Waals surface area contributed by atoms with Gasteiger partial charge in [0.2, 0.25) is 0 Å². The molecule has 124 valence electrons. The highest BCUT2D eigenvalue weighted by Gasteiger charge is 2.37. The van der Waals surface area contributed by atoms with E-state index >= 15 is 0 Å². The molecule has 0 radical (unpaired) electrons. The summed E-state index contributed by atoms with van der Waals surface area (Å²) >= 11 is 0. The van der Waals surface area contributed by atoms with Crippen LogP contribution in [-0.2, 0) is 0 Å². The highest BCUT2D eigenvalue weighted by atomic mass is 15.2. The summed E-state index contributed by atoms with van der Waals surface area (Å²) in [6.45, 7) is 14.8. The van der Waals surface area contributed by atoms with Gasteiger partial charge in [-0.05, 0) is 75.8 Å². The van der Waals surface area contributed by atoms with Gasteiger partial charge in [-0.2, -0.15) is 0 Å². The number of hydrogen-bond donors (Lipinski definition) is 1. The van der Waals surface area contributed by atoms with Crippen molar-refractivity contribution in [2.45, 2.75) is 78.8 Å². The summed E-state index contributed by atoms with van der Waals surface area (Å²) in [6, 6.07) is 1.50. The predicted octanol–water partition coefficient (Wildman–Crippen LogP) is 4.16. The normalized spacial score (nSPS) is 39.4. The van der Waals surface area contributed by atoms with Crippen LogP contribution in [0.15, 0.2) is 0 Å². The second-order valence-electron chi connectivity index (χ2n) is 8.89. The Balaban J connectivity index is 2.00. The zero-order valence-electron chi connectivity index (χ0n) is 15.3. The van der Waals surface area contributed by atoms with Crippen molar-refractivity contribution in [2.75, 3.05) is 20.1 Å². The lowest BCUT2D eigenvalue weighted by molar-refractivity contribution is 0.0496. The van der Waals surface area contributed by atoms with Crippen LogP contribution in [-0.4, -0.2) is 37.1 Å². The van der Waals surface area contributed by atoms with E-state index in [4.69, 9.17) is 0 Å². The van der Waals surface area contributed by atoms with Gasteiger partial charge in [0.05, 0.1) is 0 Å². The van der Waals surface area contributed by atoms with Crippen LogP contribution in [0.5, 0.6) is 0 Å². The van der Waals surface area contributed by atoms with Crippen LogP contribution < -0.4 is 5.32 Å². The van der Waals surface area contributed by atoms with E-state index in [0.717, 1.165) is 29.8 Å². The second-order valence-corrected chi connectivity index (χ2v) is 8.89. The predicted molar refractivity (Wildman–Crippen MR) is 92.6 cm³/mol. The van der Waals surface area contributed by atoms with Crippen LogP contribution in [0, 0.1) is 23.2 Å². The Morgan fingerprint density at radius 3 is 2.43 bits per heavy atom. The van der Waals surface area contributed by atoms with Gasteiger partial charge in [0, 0.05) is 18.6 Å². The second kappa shape index (κ2) is 7.00. The molecule has 5 unspecified atom stereocenters. The van der Waals surface area contributed by atoms with Crippen LogP contribution in [0.25, 0.3) is 0 Å². The zero-order valence-corrected chi connectivity index (χ0v) is 15.3. The summed E-state index contributed by atoms with van der Waals surface area (Å²) in [5, 5.41) is 3.61. The molecule has 1 heterocycles. The summed E-state index contributed by atoms with van der Waals surface area (Å²) in [6.07, 6.45) is 6.98. The lowest BCUT2D eigenvalue weighted by Gasteiger charge is -2.46. The summed E-state index contributed by atoms with van der Waals surface area (Å²) < 4.78 is 0. The first-order valence-corrected chi connectivity index (χ1v) is 9.24. The number of hydrogen-bond acceptors (Lipinski definition) is 2. The Bertz CT molecular complexity index is 320. The highest BCUT2D eigenvalue weighted by molar-refractivity contribution is 4.91. The molecule has 1 aliphatic heterocycles. The molecule has 2 fully saturated rings. The topological polar surface area (TPSA) is 15.3 Å². The molecule has 2 nitrogen and oxygen atoms in total. The molecule has 1 saturated carbocycles. The van der Waals surface area contributed by atoms with Crippen molar-refractivity contribution < 1.29 is 0 Å². The molecule has 2 aliphatic rings. The van der Waals surface area contributed by atoms with Crippen LogP contribution in [0.1, 0.15) is 66.7 Å². The summed E-state index contributed by atoms with van der Waals surface area (Å²) in [5.41, 5.74) is 0.470. The molecule has 2 rings (SSSR count). The lowest BCUT2D eigenvalue weighted by atomic mass is 9.67. The van der Waals surface area contributed by atoms with E-state index in [1.807, 2.05) is 0 Å². The third-order valence-electron chi connectivity index (χ3n) is 6.55. The Hall–Kier alpha value is -0.0800. The van der Waals surface area contributed by atoms with Crippen molar-refractivity contribution in [3.8, 4) is 0 Å². The maximum Gasteiger partial charge on any atom is 0.0105 e. The highest BCUT2D eigenvalue weighted by Crippen LogP contribution is 2.41. The third-order valence-corrected chi connectivity index (χ3v) is 6.55. The molecule has 1 N–H and O–H groups in total. The molecule has 0 amide bonds. The van der Waals surface area contributed by atoms with Crippen molar-refractivity contribution in [3.05, 3.63) is 0 Å². The number of piperidine rings is 1. The van der Waals surface area contributed by atoms with Gasteiger partial charge in [0.1, 0.15) is 0 Å². The Labute approximate surface area is 133 Å². The van der Waals surface area contributed by atoms with Crippen LogP contribution in [0.2, 0.25) is 0 Å². The summed E-state index contributed by atoms with van der Waals surface area (Å²) in [4.78, 5) is 2.79. The standard InChI is InChI=1S/C19H38N2/c1-14-8-7-11-21(15(14)2)13-16-12-17(19(3,4)5)9-10-18(16)20-6/h14-18,20H,7-13H2,1-6H3. The SMILES string of the molecule is CNC1CCC(C(C)(C)C)CC1CN1CCCC(C)C1C. The van der Waals surface area contributed by atoms with Gasteiger partial charge in [-0.3, -0.25) is 0 Å². The Kier molecular flexibility index (Phi) is 5.76. The molecular formula is C19H38N2. The Morgan fingerprint density at radius 1 is 1.10 bits per heavy atom. The van der Waals surface area contributed by atoms with E-state index in [0.29, 0.717) is 5.41 Å². The third kappa shape index (κ3) is 4.22. The molecule has 0 aromatic rings. The Morgan fingerprint density at radius 2 is 1.81 bits per heavy atom. The molecule has 2 heteroatoms. The van der Waals surface area contributed by atoms with Gasteiger partial charge in [-0.15, -0.1) is 0 Å². The lowest BCUT2D eigenvalue weighted by Crippen LogP contribution is -2.50. The van der Waals surface area contributed by atoms with Crippen molar-refractivity contribution in [3.63, 3.8) is 0 Å². The molecule has 0 bridgehead atoms. The fourth-order valence-corrected chi connectivity index (χ4v) is 4.61. The zero-order chi connectivity index (χ0) is 15.6. The van der Waals surface area contributed by atoms with Gasteiger partial charge in [0.15, 0.2) is 0 Å². The van der Waals surface area contributed by atoms with Crippen LogP contribution >= 0.6 is 0 Å². The van der Waals surface area contributed by atoms with E-state index < -0.39 is 0 Å². The number of nitrogens with zero attached hydrogens (tertiary/aromatic N) is 1. The molecular weight excluding hydrogens is 256 g/mol. The average Bonchev–Trinajstić information content (AvgIpc) is 2.43. The van der Waals surface area contributed by atoms with E-state index in [-0.39, 0.29) is 0 Å². The quantitative estimate of drug-likeness (QED) is 0.841. The first-order valence-electron chi connectivity index (χ1n) is 9.24. The molecule has 1 saturated heterocycles. The van der Waals surface area contributed by atoms with Crippen LogP contribution in [0.4, 0.5) is 0 Å². The smallest absolute Gasteiger partial charge is 0.0105 e. The molecule has 1 aliphatic carbocycles. The van der Waals surface area contributed by atoms with Gasteiger partial charge in [-0.25, -0.2) is 0 Å². The molecule has 0 aromatic heterocycles. The van der Waals surface area contributed by atoms with Crippen LogP contribution in [0.3, 0.4) is 0 Å². The fraction of sp³-hybridized carbons (Fsp3) is 1.00. The van der Waals surface area contributed by atoms with E-state index in [1.165, 1.54) is 45.2 Å². The van der Waals surface area contributed by atoms with Gasteiger partial charge in [0.25, 0.3) is 0 Å². The maximum absolute atomic E-state index is 3.61. The maximum atomic E-state index is 3.61. The largest absolute Gasteiger partial charge is 0.317 e. The monoisotopic (exact) mass is 294 g/mol. The number of likely N-dealkylation sites (tertiary alicyclic amines) is 1. The van der Waals surface area contributed by atoms with Crippen molar-refractivity contribution >= 4 is 0 Å². The summed E-state index contributed by atoms with van der Waals surface area (Å²) in [5.74, 6) is 2.60. The number of nitrogens with one attached hydrogen (secondary N) is 1. The average molecular weight is 295 g/mol. The van der Waals surface area contributed by atoms with E-state index in [2.05, 4.69) is 51.9 Å².